The number of hydrogen-bond donors (Lipinski definition) is 1. The van der Waals surface area contributed by atoms with Gasteiger partial charge in [0.15, 0.2) is 11.5 Å². The Bertz CT molecular complexity index is 436. The predicted octanol–water partition coefficient (Wildman–Crippen LogP) is 2.79. The van der Waals surface area contributed by atoms with Crippen LogP contribution in [0.4, 0.5) is 0 Å². The van der Waals surface area contributed by atoms with Crippen molar-refractivity contribution >= 4 is 23.5 Å². The van der Waals surface area contributed by atoms with Crippen LogP contribution in [0, 0.1) is 0 Å². The number of ether oxygens (including phenoxy) is 2. The first-order valence-electron chi connectivity index (χ1n) is 7.20. The monoisotopic (exact) mass is 311 g/mol. The van der Waals surface area contributed by atoms with Crippen molar-refractivity contribution < 1.29 is 9.47 Å². The number of hydrogen-bond acceptors (Lipinski definition) is 5. The minimum atomic E-state index is 0.750. The first-order chi connectivity index (χ1) is 9.92. The van der Waals surface area contributed by atoms with Gasteiger partial charge in [-0.05, 0) is 17.7 Å². The van der Waals surface area contributed by atoms with Crippen LogP contribution in [0.2, 0.25) is 0 Å². The van der Waals surface area contributed by atoms with E-state index in [4.69, 9.17) is 9.47 Å². The molecule has 3 nitrogen and oxygen atoms in total. The van der Waals surface area contributed by atoms with Gasteiger partial charge in [0.05, 0.1) is 13.2 Å². The third-order valence-corrected chi connectivity index (χ3v) is 6.24. The molecule has 110 valence electrons. The van der Waals surface area contributed by atoms with E-state index in [0.717, 1.165) is 49.5 Å². The minimum Gasteiger partial charge on any atom is -0.490 e. The van der Waals surface area contributed by atoms with Crippen molar-refractivity contribution in [3.05, 3.63) is 23.8 Å². The Morgan fingerprint density at radius 2 is 2.05 bits per heavy atom. The molecule has 2 aliphatic heterocycles. The molecule has 1 fully saturated rings. The van der Waals surface area contributed by atoms with E-state index >= 15 is 0 Å². The summed E-state index contributed by atoms with van der Waals surface area (Å²) >= 11 is 4.17. The molecule has 20 heavy (non-hydrogen) atoms. The Hall–Kier alpha value is -0.520. The SMILES string of the molecule is c1cc2c(cc1CNCC1CSCCS1)OCCCO2. The molecule has 1 saturated heterocycles. The first kappa shape index (κ1) is 14.4. The van der Waals surface area contributed by atoms with Crippen molar-refractivity contribution in [3.8, 4) is 11.5 Å². The second-order valence-corrected chi connectivity index (χ2v) is 7.59. The maximum absolute atomic E-state index is 5.73. The quantitative estimate of drug-likeness (QED) is 0.924. The summed E-state index contributed by atoms with van der Waals surface area (Å²) in [6, 6.07) is 6.27. The molecule has 1 N–H and O–H groups in total. The minimum absolute atomic E-state index is 0.750. The van der Waals surface area contributed by atoms with E-state index in [1.165, 1.54) is 22.8 Å². The summed E-state index contributed by atoms with van der Waals surface area (Å²) < 4.78 is 11.4. The highest BCUT2D eigenvalue weighted by atomic mass is 32.2. The van der Waals surface area contributed by atoms with Crippen LogP contribution in [-0.2, 0) is 6.54 Å². The number of nitrogens with one attached hydrogen (secondary N) is 1. The summed E-state index contributed by atoms with van der Waals surface area (Å²) in [7, 11) is 0. The fraction of sp³-hybridized carbons (Fsp3) is 0.600. The zero-order valence-electron chi connectivity index (χ0n) is 11.6. The second-order valence-electron chi connectivity index (χ2n) is 5.03. The number of thioether (sulfide) groups is 2. The molecule has 0 spiro atoms. The molecule has 1 aromatic rings. The summed E-state index contributed by atoms with van der Waals surface area (Å²) in [5, 5.41) is 4.32. The molecule has 3 rings (SSSR count). The maximum Gasteiger partial charge on any atom is 0.161 e. The first-order valence-corrected chi connectivity index (χ1v) is 9.41. The van der Waals surface area contributed by atoms with Crippen molar-refractivity contribution in [1.29, 1.82) is 0 Å². The van der Waals surface area contributed by atoms with Crippen LogP contribution in [0.25, 0.3) is 0 Å². The van der Waals surface area contributed by atoms with Gasteiger partial charge in [0.1, 0.15) is 0 Å². The summed E-state index contributed by atoms with van der Waals surface area (Å²) in [6.45, 7) is 3.49. The van der Waals surface area contributed by atoms with Gasteiger partial charge in [-0.15, -0.1) is 0 Å². The molecular weight excluding hydrogens is 290 g/mol. The lowest BCUT2D eigenvalue weighted by Crippen LogP contribution is -2.28. The van der Waals surface area contributed by atoms with E-state index in [1.54, 1.807) is 0 Å². The average molecular weight is 311 g/mol. The third-order valence-electron chi connectivity index (χ3n) is 3.40. The van der Waals surface area contributed by atoms with E-state index in [1.807, 2.05) is 6.07 Å². The van der Waals surface area contributed by atoms with Gasteiger partial charge in [-0.3, -0.25) is 0 Å². The zero-order valence-corrected chi connectivity index (χ0v) is 13.2. The molecule has 5 heteroatoms. The largest absolute Gasteiger partial charge is 0.490 e. The lowest BCUT2D eigenvalue weighted by atomic mass is 10.2. The summed E-state index contributed by atoms with van der Waals surface area (Å²) in [5.41, 5.74) is 1.27. The van der Waals surface area contributed by atoms with Crippen LogP contribution >= 0.6 is 23.5 Å². The Kier molecular flexibility index (Phi) is 5.39. The number of rotatable bonds is 4. The fourth-order valence-corrected chi connectivity index (χ4v) is 5.00. The van der Waals surface area contributed by atoms with Gasteiger partial charge in [0, 0.05) is 42.0 Å². The molecule has 0 amide bonds. The molecule has 0 radical (unpaired) electrons. The highest BCUT2D eigenvalue weighted by Crippen LogP contribution is 2.30. The lowest BCUT2D eigenvalue weighted by molar-refractivity contribution is 0.297. The summed E-state index contributed by atoms with van der Waals surface area (Å²) in [6.07, 6.45) is 0.957. The summed E-state index contributed by atoms with van der Waals surface area (Å²) in [5.74, 6) is 5.65. The van der Waals surface area contributed by atoms with Crippen molar-refractivity contribution in [3.63, 3.8) is 0 Å². The number of fused-ring (bicyclic) bond motifs is 1. The van der Waals surface area contributed by atoms with Crippen molar-refractivity contribution in [2.75, 3.05) is 37.0 Å². The average Bonchev–Trinajstić information content (AvgIpc) is 2.73. The second kappa shape index (κ2) is 7.48. The van der Waals surface area contributed by atoms with Gasteiger partial charge in [-0.2, -0.15) is 23.5 Å². The molecule has 1 unspecified atom stereocenters. The standard InChI is InChI=1S/C15H21NO2S2/c1-4-17-14-3-2-12(8-15(14)18-5-1)9-16-10-13-11-19-6-7-20-13/h2-3,8,13,16H,1,4-7,9-11H2. The smallest absolute Gasteiger partial charge is 0.161 e. The molecular formula is C15H21NO2S2. The van der Waals surface area contributed by atoms with Crippen LogP contribution in [0.3, 0.4) is 0 Å². The Balaban J connectivity index is 1.51. The molecule has 1 atom stereocenters. The van der Waals surface area contributed by atoms with Gasteiger partial charge in [0.25, 0.3) is 0 Å². The molecule has 0 saturated carbocycles. The molecule has 1 aromatic carbocycles. The van der Waals surface area contributed by atoms with Crippen LogP contribution in [-0.4, -0.2) is 42.3 Å². The van der Waals surface area contributed by atoms with Crippen LogP contribution < -0.4 is 14.8 Å². The van der Waals surface area contributed by atoms with E-state index in [2.05, 4.69) is 41.0 Å². The highest BCUT2D eigenvalue weighted by molar-refractivity contribution is 8.06. The summed E-state index contributed by atoms with van der Waals surface area (Å²) in [4.78, 5) is 0. The van der Waals surface area contributed by atoms with Crippen LogP contribution in [0.15, 0.2) is 18.2 Å². The van der Waals surface area contributed by atoms with Crippen LogP contribution in [0.5, 0.6) is 11.5 Å². The van der Waals surface area contributed by atoms with Crippen molar-refractivity contribution in [2.45, 2.75) is 18.2 Å². The molecule has 0 aliphatic carbocycles. The van der Waals surface area contributed by atoms with Crippen molar-refractivity contribution in [2.24, 2.45) is 0 Å². The van der Waals surface area contributed by atoms with E-state index in [-0.39, 0.29) is 0 Å². The van der Waals surface area contributed by atoms with Gasteiger partial charge >= 0.3 is 0 Å². The van der Waals surface area contributed by atoms with Crippen LogP contribution in [0.1, 0.15) is 12.0 Å². The van der Waals surface area contributed by atoms with Gasteiger partial charge in [0.2, 0.25) is 0 Å². The van der Waals surface area contributed by atoms with Gasteiger partial charge in [-0.1, -0.05) is 6.07 Å². The number of benzene rings is 1. The normalized spacial score (nSPS) is 22.3. The van der Waals surface area contributed by atoms with E-state index in [9.17, 15) is 0 Å². The fourth-order valence-electron chi connectivity index (χ4n) is 2.35. The maximum atomic E-state index is 5.73. The zero-order chi connectivity index (χ0) is 13.6. The molecule has 0 bridgehead atoms. The van der Waals surface area contributed by atoms with E-state index in [0.29, 0.717) is 0 Å². The Morgan fingerprint density at radius 3 is 2.90 bits per heavy atom. The highest BCUT2D eigenvalue weighted by Gasteiger charge is 2.14. The Morgan fingerprint density at radius 1 is 1.15 bits per heavy atom. The topological polar surface area (TPSA) is 30.5 Å². The van der Waals surface area contributed by atoms with Gasteiger partial charge in [-0.25, -0.2) is 0 Å². The predicted molar refractivity (Wildman–Crippen MR) is 87.3 cm³/mol. The Labute approximate surface area is 129 Å². The van der Waals surface area contributed by atoms with Gasteiger partial charge < -0.3 is 14.8 Å². The lowest BCUT2D eigenvalue weighted by Gasteiger charge is -2.21. The van der Waals surface area contributed by atoms with Crippen molar-refractivity contribution in [1.82, 2.24) is 5.32 Å². The van der Waals surface area contributed by atoms with E-state index < -0.39 is 0 Å². The molecule has 0 aromatic heterocycles. The molecule has 2 aliphatic rings. The molecule has 2 heterocycles. The third kappa shape index (κ3) is 3.99.